The van der Waals surface area contributed by atoms with Gasteiger partial charge in [0.1, 0.15) is 0 Å². The van der Waals surface area contributed by atoms with Crippen LogP contribution >= 0.6 is 0 Å². The van der Waals surface area contributed by atoms with Crippen molar-refractivity contribution in [2.45, 2.75) is 25.9 Å². The molecule has 0 spiro atoms. The van der Waals surface area contributed by atoms with Crippen LogP contribution in [0, 0.1) is 10.1 Å². The molecule has 0 heterocycles. The molecule has 114 valence electrons. The van der Waals surface area contributed by atoms with Crippen molar-refractivity contribution in [2.24, 2.45) is 0 Å². The summed E-state index contributed by atoms with van der Waals surface area (Å²) in [7, 11) is 0. The lowest BCUT2D eigenvalue weighted by Crippen LogP contribution is -2.28. The lowest BCUT2D eigenvalue weighted by atomic mass is 10.0. The van der Waals surface area contributed by atoms with E-state index >= 15 is 0 Å². The molecule has 0 aromatic heterocycles. The first kappa shape index (κ1) is 15.7. The van der Waals surface area contributed by atoms with Crippen LogP contribution in [0.2, 0.25) is 0 Å². The van der Waals surface area contributed by atoms with Crippen molar-refractivity contribution in [1.82, 2.24) is 0 Å². The Kier molecular flexibility index (Phi) is 5.25. The number of hydrogen-bond acceptors (Lipinski definition) is 4. The Morgan fingerprint density at radius 2 is 1.82 bits per heavy atom. The van der Waals surface area contributed by atoms with Crippen LogP contribution in [0.4, 0.5) is 5.69 Å². The van der Waals surface area contributed by atoms with E-state index in [-0.39, 0.29) is 10.7 Å². The highest BCUT2D eigenvalue weighted by molar-refractivity contribution is 6.09. The monoisotopic (exact) mass is 298 g/mol. The molecule has 5 nitrogen and oxygen atoms in total. The predicted molar refractivity (Wildman–Crippen MR) is 85.6 cm³/mol. The van der Waals surface area contributed by atoms with Crippen molar-refractivity contribution in [2.75, 3.05) is 5.32 Å². The molecule has 22 heavy (non-hydrogen) atoms. The number of anilines is 1. The van der Waals surface area contributed by atoms with E-state index in [4.69, 9.17) is 0 Å². The van der Waals surface area contributed by atoms with Crippen molar-refractivity contribution in [3.05, 3.63) is 75.8 Å². The number of carbonyl (C=O) groups excluding carboxylic acids is 1. The van der Waals surface area contributed by atoms with Gasteiger partial charge in [0.15, 0.2) is 5.78 Å². The summed E-state index contributed by atoms with van der Waals surface area (Å²) >= 11 is 0. The molecule has 0 amide bonds. The topological polar surface area (TPSA) is 72.2 Å². The second kappa shape index (κ2) is 7.36. The molecule has 2 aromatic rings. The van der Waals surface area contributed by atoms with Crippen LogP contribution in [-0.4, -0.2) is 16.9 Å². The van der Waals surface area contributed by atoms with Gasteiger partial charge in [0, 0.05) is 28.2 Å². The van der Waals surface area contributed by atoms with Gasteiger partial charge in [0.05, 0.1) is 0 Å². The molecule has 0 radical (unpaired) electrons. The average molecular weight is 298 g/mol. The average Bonchev–Trinajstić information content (AvgIpc) is 2.55. The number of rotatable bonds is 7. The maximum Gasteiger partial charge on any atom is 0.284 e. The van der Waals surface area contributed by atoms with E-state index in [1.807, 2.05) is 13.0 Å². The third-order valence-electron chi connectivity index (χ3n) is 3.31. The number of ketones is 1. The molecular formula is C17H18N2O3. The Hall–Kier alpha value is -2.69. The largest absolute Gasteiger partial charge is 0.324 e. The minimum atomic E-state index is -0.841. The molecule has 2 rings (SSSR count). The minimum absolute atomic E-state index is 0.0996. The summed E-state index contributed by atoms with van der Waals surface area (Å²) in [5, 5.41) is 13.9. The first-order valence-electron chi connectivity index (χ1n) is 7.21. The third kappa shape index (κ3) is 3.91. The van der Waals surface area contributed by atoms with E-state index in [0.29, 0.717) is 29.7 Å². The normalized spacial score (nSPS) is 11.7. The molecule has 1 unspecified atom stereocenters. The zero-order valence-corrected chi connectivity index (χ0v) is 12.4. The molecule has 0 saturated carbocycles. The molecular weight excluding hydrogens is 280 g/mol. The van der Waals surface area contributed by atoms with E-state index in [2.05, 4.69) is 5.32 Å². The van der Waals surface area contributed by atoms with Crippen LogP contribution in [0.15, 0.2) is 54.6 Å². The van der Waals surface area contributed by atoms with Crippen molar-refractivity contribution < 1.29 is 9.72 Å². The van der Waals surface area contributed by atoms with Gasteiger partial charge in [0.2, 0.25) is 0 Å². The first-order valence-corrected chi connectivity index (χ1v) is 7.21. The Balaban J connectivity index is 2.19. The second-order valence-electron chi connectivity index (χ2n) is 5.01. The van der Waals surface area contributed by atoms with Gasteiger partial charge in [-0.2, -0.15) is 0 Å². The summed E-state index contributed by atoms with van der Waals surface area (Å²) in [5.74, 6) is -0.0996. The molecule has 0 aliphatic carbocycles. The van der Waals surface area contributed by atoms with E-state index in [1.54, 1.807) is 48.5 Å². The van der Waals surface area contributed by atoms with Crippen LogP contribution in [0.5, 0.6) is 0 Å². The van der Waals surface area contributed by atoms with E-state index in [9.17, 15) is 14.9 Å². The van der Waals surface area contributed by atoms with Gasteiger partial charge < -0.3 is 5.32 Å². The van der Waals surface area contributed by atoms with Crippen molar-refractivity contribution >= 4 is 11.5 Å². The summed E-state index contributed by atoms with van der Waals surface area (Å²) in [4.78, 5) is 23.1. The predicted octanol–water partition coefficient (Wildman–Crippen LogP) is 3.73. The summed E-state index contributed by atoms with van der Waals surface area (Å²) in [6.45, 7) is 1.90. The Labute approximate surface area is 129 Å². The number of benzene rings is 2. The zero-order chi connectivity index (χ0) is 15.9. The van der Waals surface area contributed by atoms with Crippen LogP contribution in [0.3, 0.4) is 0 Å². The lowest BCUT2D eigenvalue weighted by Gasteiger charge is -2.12. The van der Waals surface area contributed by atoms with E-state index in [1.165, 1.54) is 0 Å². The number of carbonyl (C=O) groups is 1. The number of hydrogen-bond donors (Lipinski definition) is 1. The highest BCUT2D eigenvalue weighted by Crippen LogP contribution is 2.17. The molecule has 1 atom stereocenters. The fourth-order valence-electron chi connectivity index (χ4n) is 2.20. The van der Waals surface area contributed by atoms with E-state index in [0.717, 1.165) is 0 Å². The Morgan fingerprint density at radius 3 is 2.45 bits per heavy atom. The van der Waals surface area contributed by atoms with Crippen molar-refractivity contribution in [3.63, 3.8) is 0 Å². The standard InChI is InChI=1S/C17H18N2O3/c1-2-7-16(19(21)22)18-15-11-6-10-14(12-15)17(20)13-8-4-3-5-9-13/h3-6,8-12,16,18H,2,7H2,1H3. The van der Waals surface area contributed by atoms with Crippen LogP contribution in [0.1, 0.15) is 35.7 Å². The Bertz CT molecular complexity index is 656. The summed E-state index contributed by atoms with van der Waals surface area (Å²) in [6.07, 6.45) is 0.303. The first-order chi connectivity index (χ1) is 10.6. The van der Waals surface area contributed by atoms with Gasteiger partial charge in [0.25, 0.3) is 6.17 Å². The SMILES string of the molecule is CCCC(Nc1cccc(C(=O)c2ccccc2)c1)[N+](=O)[O-]. The van der Waals surface area contributed by atoms with Gasteiger partial charge in [-0.05, 0) is 18.6 Å². The zero-order valence-electron chi connectivity index (χ0n) is 12.4. The fraction of sp³-hybridized carbons (Fsp3) is 0.235. The smallest absolute Gasteiger partial charge is 0.284 e. The van der Waals surface area contributed by atoms with Crippen LogP contribution in [0.25, 0.3) is 0 Å². The van der Waals surface area contributed by atoms with Gasteiger partial charge in [-0.1, -0.05) is 49.4 Å². The number of nitrogens with one attached hydrogen (secondary N) is 1. The van der Waals surface area contributed by atoms with Crippen molar-refractivity contribution in [1.29, 1.82) is 0 Å². The molecule has 0 saturated heterocycles. The minimum Gasteiger partial charge on any atom is -0.324 e. The van der Waals surface area contributed by atoms with Crippen molar-refractivity contribution in [3.8, 4) is 0 Å². The van der Waals surface area contributed by atoms with Gasteiger partial charge in [-0.15, -0.1) is 0 Å². The van der Waals surface area contributed by atoms with Gasteiger partial charge in [-0.3, -0.25) is 14.9 Å². The fourth-order valence-corrected chi connectivity index (χ4v) is 2.20. The van der Waals surface area contributed by atoms with Crippen LogP contribution in [-0.2, 0) is 0 Å². The van der Waals surface area contributed by atoms with Gasteiger partial charge in [-0.25, -0.2) is 0 Å². The summed E-state index contributed by atoms with van der Waals surface area (Å²) < 4.78 is 0. The van der Waals surface area contributed by atoms with Crippen LogP contribution < -0.4 is 5.32 Å². The molecule has 5 heteroatoms. The number of nitrogens with zero attached hydrogens (tertiary/aromatic N) is 1. The summed E-state index contributed by atoms with van der Waals surface area (Å²) in [5.41, 5.74) is 1.69. The highest BCUT2D eigenvalue weighted by atomic mass is 16.6. The molecule has 1 N–H and O–H groups in total. The second-order valence-corrected chi connectivity index (χ2v) is 5.01. The molecule has 0 aliphatic heterocycles. The maximum absolute atomic E-state index is 12.4. The molecule has 0 bridgehead atoms. The molecule has 0 fully saturated rings. The number of nitro groups is 1. The molecule has 2 aromatic carbocycles. The lowest BCUT2D eigenvalue weighted by molar-refractivity contribution is -0.515. The summed E-state index contributed by atoms with van der Waals surface area (Å²) in [6, 6.07) is 15.8. The Morgan fingerprint density at radius 1 is 1.14 bits per heavy atom. The molecule has 0 aliphatic rings. The quantitative estimate of drug-likeness (QED) is 0.366. The van der Waals surface area contributed by atoms with E-state index < -0.39 is 6.17 Å². The maximum atomic E-state index is 12.4. The third-order valence-corrected chi connectivity index (χ3v) is 3.31. The van der Waals surface area contributed by atoms with Gasteiger partial charge >= 0.3 is 0 Å². The highest BCUT2D eigenvalue weighted by Gasteiger charge is 2.18.